The number of ether oxygens (including phenoxy) is 1. The highest BCUT2D eigenvalue weighted by atomic mass is 16.5. The average molecular weight is 257 g/mol. The number of rotatable bonds is 2. The van der Waals surface area contributed by atoms with E-state index in [2.05, 4.69) is 0 Å². The van der Waals surface area contributed by atoms with Gasteiger partial charge in [0.05, 0.1) is 25.0 Å². The first kappa shape index (κ1) is 12.0. The molecule has 4 nitrogen and oxygen atoms in total. The second kappa shape index (κ2) is 5.28. The van der Waals surface area contributed by atoms with E-state index >= 15 is 0 Å². The third kappa shape index (κ3) is 2.39. The van der Waals surface area contributed by atoms with Crippen LogP contribution in [0.4, 0.5) is 0 Å². The summed E-state index contributed by atoms with van der Waals surface area (Å²) in [6.07, 6.45) is 1.62. The molecule has 0 aliphatic carbocycles. The molecule has 1 aliphatic heterocycles. The van der Waals surface area contributed by atoms with Crippen molar-refractivity contribution in [1.29, 1.82) is 0 Å². The highest BCUT2D eigenvalue weighted by Crippen LogP contribution is 2.25. The van der Waals surface area contributed by atoms with Gasteiger partial charge in [-0.1, -0.05) is 18.2 Å². The van der Waals surface area contributed by atoms with Crippen molar-refractivity contribution in [2.75, 3.05) is 26.3 Å². The summed E-state index contributed by atoms with van der Waals surface area (Å²) in [5, 5.41) is 0. The molecule has 98 valence electrons. The third-order valence-electron chi connectivity index (χ3n) is 3.24. The minimum Gasteiger partial charge on any atom is -0.464 e. The molecule has 1 fully saturated rings. The summed E-state index contributed by atoms with van der Waals surface area (Å²) in [7, 11) is 0. The highest BCUT2D eigenvalue weighted by Gasteiger charge is 2.21. The highest BCUT2D eigenvalue weighted by molar-refractivity contribution is 6.00. The zero-order valence-corrected chi connectivity index (χ0v) is 10.5. The maximum Gasteiger partial charge on any atom is 0.254 e. The van der Waals surface area contributed by atoms with E-state index in [1.54, 1.807) is 6.26 Å². The lowest BCUT2D eigenvalue weighted by atomic mass is 10.0. The average Bonchev–Trinajstić information content (AvgIpc) is 3.01. The number of carbonyl (C=O) groups excluding carboxylic acids is 1. The van der Waals surface area contributed by atoms with Crippen LogP contribution in [0.3, 0.4) is 0 Å². The Balaban J connectivity index is 1.94. The van der Waals surface area contributed by atoms with Crippen molar-refractivity contribution in [2.45, 2.75) is 0 Å². The third-order valence-corrected chi connectivity index (χ3v) is 3.24. The van der Waals surface area contributed by atoms with Gasteiger partial charge in [0, 0.05) is 18.7 Å². The molecular formula is C15H15NO3. The molecule has 4 heteroatoms. The molecule has 0 N–H and O–H groups in total. The van der Waals surface area contributed by atoms with Crippen molar-refractivity contribution in [2.24, 2.45) is 0 Å². The monoisotopic (exact) mass is 257 g/mol. The number of morpholine rings is 1. The van der Waals surface area contributed by atoms with Gasteiger partial charge in [0.15, 0.2) is 0 Å². The van der Waals surface area contributed by atoms with Crippen LogP contribution in [0.5, 0.6) is 0 Å². The fraction of sp³-hybridized carbons (Fsp3) is 0.267. The number of hydrogen-bond acceptors (Lipinski definition) is 3. The summed E-state index contributed by atoms with van der Waals surface area (Å²) in [5.74, 6) is 0.757. The number of nitrogens with zero attached hydrogens (tertiary/aromatic N) is 1. The number of amides is 1. The fourth-order valence-electron chi connectivity index (χ4n) is 2.25. The van der Waals surface area contributed by atoms with Crippen molar-refractivity contribution in [1.82, 2.24) is 4.90 Å². The van der Waals surface area contributed by atoms with E-state index in [-0.39, 0.29) is 5.91 Å². The molecule has 0 bridgehead atoms. The molecule has 2 aromatic rings. The Hall–Kier alpha value is -2.07. The zero-order valence-electron chi connectivity index (χ0n) is 10.5. The van der Waals surface area contributed by atoms with Gasteiger partial charge in [0.1, 0.15) is 5.76 Å². The molecule has 0 radical (unpaired) electrons. The van der Waals surface area contributed by atoms with Crippen LogP contribution in [0.15, 0.2) is 47.1 Å². The van der Waals surface area contributed by atoms with E-state index in [0.29, 0.717) is 31.9 Å². The Morgan fingerprint density at radius 1 is 1.05 bits per heavy atom. The van der Waals surface area contributed by atoms with E-state index in [1.165, 1.54) is 0 Å². The Bertz CT molecular complexity index is 557. The lowest BCUT2D eigenvalue weighted by Gasteiger charge is -2.27. The summed E-state index contributed by atoms with van der Waals surface area (Å²) in [4.78, 5) is 14.4. The number of benzene rings is 1. The van der Waals surface area contributed by atoms with Crippen LogP contribution in [-0.2, 0) is 4.74 Å². The molecule has 19 heavy (non-hydrogen) atoms. The smallest absolute Gasteiger partial charge is 0.254 e. The van der Waals surface area contributed by atoms with Crippen LogP contribution >= 0.6 is 0 Å². The van der Waals surface area contributed by atoms with Crippen LogP contribution in [-0.4, -0.2) is 37.1 Å². The van der Waals surface area contributed by atoms with Crippen LogP contribution in [0, 0.1) is 0 Å². The van der Waals surface area contributed by atoms with E-state index in [0.717, 1.165) is 11.3 Å². The van der Waals surface area contributed by atoms with Crippen LogP contribution in [0.1, 0.15) is 10.4 Å². The van der Waals surface area contributed by atoms with Crippen molar-refractivity contribution in [3.05, 3.63) is 48.2 Å². The molecule has 1 amide bonds. The summed E-state index contributed by atoms with van der Waals surface area (Å²) in [6.45, 7) is 2.50. The molecular weight excluding hydrogens is 242 g/mol. The predicted octanol–water partition coefficient (Wildman–Crippen LogP) is 2.42. The van der Waals surface area contributed by atoms with Crippen LogP contribution < -0.4 is 0 Å². The van der Waals surface area contributed by atoms with Gasteiger partial charge in [0.25, 0.3) is 5.91 Å². The summed E-state index contributed by atoms with van der Waals surface area (Å²) < 4.78 is 10.7. The molecule has 1 aliphatic rings. The van der Waals surface area contributed by atoms with Gasteiger partial charge in [-0.3, -0.25) is 4.79 Å². The minimum atomic E-state index is 0.0373. The predicted molar refractivity (Wildman–Crippen MR) is 70.9 cm³/mol. The van der Waals surface area contributed by atoms with Gasteiger partial charge < -0.3 is 14.1 Å². The van der Waals surface area contributed by atoms with Crippen LogP contribution in [0.2, 0.25) is 0 Å². The Morgan fingerprint density at radius 3 is 2.58 bits per heavy atom. The maximum atomic E-state index is 12.5. The Morgan fingerprint density at radius 2 is 1.84 bits per heavy atom. The SMILES string of the molecule is O=C(c1ccccc1-c1ccco1)N1CCOCC1. The first-order valence-corrected chi connectivity index (χ1v) is 6.36. The van der Waals surface area contributed by atoms with Gasteiger partial charge in [-0.25, -0.2) is 0 Å². The number of furan rings is 1. The van der Waals surface area contributed by atoms with Crippen molar-refractivity contribution in [3.63, 3.8) is 0 Å². The van der Waals surface area contributed by atoms with Gasteiger partial charge in [0.2, 0.25) is 0 Å². The van der Waals surface area contributed by atoms with E-state index in [4.69, 9.17) is 9.15 Å². The molecule has 0 saturated carbocycles. The molecule has 0 spiro atoms. The largest absolute Gasteiger partial charge is 0.464 e. The van der Waals surface area contributed by atoms with Crippen molar-refractivity contribution < 1.29 is 13.9 Å². The van der Waals surface area contributed by atoms with Gasteiger partial charge in [-0.05, 0) is 18.2 Å². The Kier molecular flexibility index (Phi) is 3.33. The number of carbonyl (C=O) groups is 1. The molecule has 1 saturated heterocycles. The normalized spacial score (nSPS) is 15.5. The Labute approximate surface area is 111 Å². The lowest BCUT2D eigenvalue weighted by Crippen LogP contribution is -2.40. The van der Waals surface area contributed by atoms with Crippen LogP contribution in [0.25, 0.3) is 11.3 Å². The maximum absolute atomic E-state index is 12.5. The second-order valence-electron chi connectivity index (χ2n) is 4.43. The van der Waals surface area contributed by atoms with Gasteiger partial charge >= 0.3 is 0 Å². The van der Waals surface area contributed by atoms with E-state index < -0.39 is 0 Å². The topological polar surface area (TPSA) is 42.7 Å². The van der Waals surface area contributed by atoms with Crippen molar-refractivity contribution in [3.8, 4) is 11.3 Å². The molecule has 1 aromatic carbocycles. The standard InChI is InChI=1S/C15H15NO3/c17-15(16-7-10-18-11-8-16)13-5-2-1-4-12(13)14-6-3-9-19-14/h1-6,9H,7-8,10-11H2. The first-order valence-electron chi connectivity index (χ1n) is 6.36. The lowest BCUT2D eigenvalue weighted by molar-refractivity contribution is 0.0303. The molecule has 0 atom stereocenters. The number of hydrogen-bond donors (Lipinski definition) is 0. The quantitative estimate of drug-likeness (QED) is 0.829. The van der Waals surface area contributed by atoms with E-state index in [9.17, 15) is 4.79 Å². The van der Waals surface area contributed by atoms with E-state index in [1.807, 2.05) is 41.3 Å². The summed E-state index contributed by atoms with van der Waals surface area (Å²) in [5.41, 5.74) is 1.52. The molecule has 1 aromatic heterocycles. The molecule has 3 rings (SSSR count). The molecule has 2 heterocycles. The first-order chi connectivity index (χ1) is 9.36. The second-order valence-corrected chi connectivity index (χ2v) is 4.43. The van der Waals surface area contributed by atoms with Crippen molar-refractivity contribution >= 4 is 5.91 Å². The summed E-state index contributed by atoms with van der Waals surface area (Å²) >= 11 is 0. The summed E-state index contributed by atoms with van der Waals surface area (Å²) in [6, 6.07) is 11.2. The van der Waals surface area contributed by atoms with Gasteiger partial charge in [-0.15, -0.1) is 0 Å². The van der Waals surface area contributed by atoms with Gasteiger partial charge in [-0.2, -0.15) is 0 Å². The zero-order chi connectivity index (χ0) is 13.1. The minimum absolute atomic E-state index is 0.0373. The fourth-order valence-corrected chi connectivity index (χ4v) is 2.25. The molecule has 0 unspecified atom stereocenters.